The molecule has 22 heavy (non-hydrogen) atoms. The highest BCUT2D eigenvalue weighted by molar-refractivity contribution is 5.82. The van der Waals surface area contributed by atoms with Crippen molar-refractivity contribution in [3.05, 3.63) is 78.9 Å². The highest BCUT2D eigenvalue weighted by Gasteiger charge is 2.05. The third kappa shape index (κ3) is 2.33. The highest BCUT2D eigenvalue weighted by Crippen LogP contribution is 2.23. The summed E-state index contributed by atoms with van der Waals surface area (Å²) < 4.78 is 0. The first-order valence-electron chi connectivity index (χ1n) is 7.15. The molecule has 4 aromatic rings. The Kier molecular flexibility index (Phi) is 3.09. The molecule has 3 heteroatoms. The molecule has 3 nitrogen and oxygen atoms in total. The molecule has 1 heterocycles. The first kappa shape index (κ1) is 12.7. The first-order valence-corrected chi connectivity index (χ1v) is 7.15. The van der Waals surface area contributed by atoms with E-state index in [0.29, 0.717) is 5.82 Å². The van der Waals surface area contributed by atoms with Gasteiger partial charge in [0.1, 0.15) is 5.52 Å². The summed E-state index contributed by atoms with van der Waals surface area (Å²) in [5, 5.41) is 8.50. The standard InChI is InChI=1S/C19H13N3/c1-3-7-14(8-4-1)16-11-12-17-18(13-16)20-19(22-21-17)15-9-5-2-6-10-15/h1-13H. The minimum Gasteiger partial charge on any atom is -0.225 e. The van der Waals surface area contributed by atoms with Gasteiger partial charge in [-0.05, 0) is 23.3 Å². The largest absolute Gasteiger partial charge is 0.225 e. The Bertz CT molecular complexity index is 845. The van der Waals surface area contributed by atoms with Crippen molar-refractivity contribution >= 4 is 11.0 Å². The number of hydrogen-bond donors (Lipinski definition) is 0. The maximum absolute atomic E-state index is 4.66. The molecule has 0 aliphatic carbocycles. The lowest BCUT2D eigenvalue weighted by Gasteiger charge is -2.04. The lowest BCUT2D eigenvalue weighted by Crippen LogP contribution is -1.94. The van der Waals surface area contributed by atoms with Crippen LogP contribution in [-0.4, -0.2) is 15.2 Å². The van der Waals surface area contributed by atoms with Crippen LogP contribution >= 0.6 is 0 Å². The van der Waals surface area contributed by atoms with Crippen molar-refractivity contribution in [2.24, 2.45) is 0 Å². The van der Waals surface area contributed by atoms with E-state index in [1.165, 1.54) is 5.56 Å². The summed E-state index contributed by atoms with van der Waals surface area (Å²) in [7, 11) is 0. The monoisotopic (exact) mass is 283 g/mol. The second-order valence-electron chi connectivity index (χ2n) is 5.07. The molecule has 1 aromatic heterocycles. The maximum atomic E-state index is 4.66. The van der Waals surface area contributed by atoms with Crippen molar-refractivity contribution in [3.8, 4) is 22.5 Å². The molecule has 4 rings (SSSR count). The zero-order valence-corrected chi connectivity index (χ0v) is 11.8. The fourth-order valence-electron chi connectivity index (χ4n) is 2.45. The van der Waals surface area contributed by atoms with Crippen LogP contribution in [0.15, 0.2) is 78.9 Å². The van der Waals surface area contributed by atoms with Gasteiger partial charge in [-0.2, -0.15) is 0 Å². The number of nitrogens with zero attached hydrogens (tertiary/aromatic N) is 3. The van der Waals surface area contributed by atoms with Crippen LogP contribution in [0.5, 0.6) is 0 Å². The zero-order valence-electron chi connectivity index (χ0n) is 11.8. The first-order chi connectivity index (χ1) is 10.9. The highest BCUT2D eigenvalue weighted by atomic mass is 15.1. The Labute approximate surface area is 128 Å². The van der Waals surface area contributed by atoms with Gasteiger partial charge >= 0.3 is 0 Å². The average Bonchev–Trinajstić information content (AvgIpc) is 2.62. The van der Waals surface area contributed by atoms with E-state index in [0.717, 1.165) is 22.2 Å². The van der Waals surface area contributed by atoms with E-state index >= 15 is 0 Å². The maximum Gasteiger partial charge on any atom is 0.182 e. The number of benzene rings is 3. The molecular formula is C19H13N3. The third-order valence-corrected chi connectivity index (χ3v) is 3.59. The molecule has 0 saturated carbocycles. The van der Waals surface area contributed by atoms with Gasteiger partial charge < -0.3 is 0 Å². The predicted molar refractivity (Wildman–Crippen MR) is 88.2 cm³/mol. The Morgan fingerprint density at radius 1 is 0.500 bits per heavy atom. The van der Waals surface area contributed by atoms with Crippen LogP contribution in [-0.2, 0) is 0 Å². The van der Waals surface area contributed by atoms with Crippen molar-refractivity contribution in [3.63, 3.8) is 0 Å². The molecule has 0 radical (unpaired) electrons. The van der Waals surface area contributed by atoms with Gasteiger partial charge in [0.25, 0.3) is 0 Å². The van der Waals surface area contributed by atoms with Crippen LogP contribution in [0.2, 0.25) is 0 Å². The van der Waals surface area contributed by atoms with Gasteiger partial charge in [-0.3, -0.25) is 0 Å². The summed E-state index contributed by atoms with van der Waals surface area (Å²) in [6, 6.07) is 26.3. The smallest absolute Gasteiger partial charge is 0.182 e. The van der Waals surface area contributed by atoms with Gasteiger partial charge in [0.15, 0.2) is 5.82 Å². The molecule has 3 aromatic carbocycles. The molecule has 0 unspecified atom stereocenters. The van der Waals surface area contributed by atoms with E-state index in [-0.39, 0.29) is 0 Å². The van der Waals surface area contributed by atoms with Crippen molar-refractivity contribution < 1.29 is 0 Å². The lowest BCUT2D eigenvalue weighted by atomic mass is 10.1. The molecule has 0 N–H and O–H groups in total. The average molecular weight is 283 g/mol. The molecule has 0 saturated heterocycles. The van der Waals surface area contributed by atoms with E-state index in [2.05, 4.69) is 39.4 Å². The molecule has 0 amide bonds. The summed E-state index contributed by atoms with van der Waals surface area (Å²) in [5.41, 5.74) is 4.94. The Morgan fingerprint density at radius 2 is 1.18 bits per heavy atom. The van der Waals surface area contributed by atoms with Crippen molar-refractivity contribution in [2.45, 2.75) is 0 Å². The fourth-order valence-corrected chi connectivity index (χ4v) is 2.45. The minimum absolute atomic E-state index is 0.651. The number of aromatic nitrogens is 3. The molecule has 0 atom stereocenters. The van der Waals surface area contributed by atoms with E-state index < -0.39 is 0 Å². The minimum atomic E-state index is 0.651. The van der Waals surface area contributed by atoms with Gasteiger partial charge in [-0.15, -0.1) is 10.2 Å². The van der Waals surface area contributed by atoms with Gasteiger partial charge in [0.05, 0.1) is 5.52 Å². The van der Waals surface area contributed by atoms with Crippen LogP contribution in [0.1, 0.15) is 0 Å². The molecule has 0 fully saturated rings. The predicted octanol–water partition coefficient (Wildman–Crippen LogP) is 4.36. The summed E-state index contributed by atoms with van der Waals surface area (Å²) in [6.07, 6.45) is 0. The van der Waals surface area contributed by atoms with Crippen LogP contribution < -0.4 is 0 Å². The lowest BCUT2D eigenvalue weighted by molar-refractivity contribution is 1.03. The Morgan fingerprint density at radius 3 is 1.91 bits per heavy atom. The van der Waals surface area contributed by atoms with Crippen LogP contribution in [0.4, 0.5) is 0 Å². The van der Waals surface area contributed by atoms with E-state index in [4.69, 9.17) is 0 Å². The summed E-state index contributed by atoms with van der Waals surface area (Å²) in [5.74, 6) is 0.651. The third-order valence-electron chi connectivity index (χ3n) is 3.59. The van der Waals surface area contributed by atoms with Crippen molar-refractivity contribution in [1.82, 2.24) is 15.2 Å². The quantitative estimate of drug-likeness (QED) is 0.548. The molecule has 0 aliphatic rings. The summed E-state index contributed by atoms with van der Waals surface area (Å²) in [4.78, 5) is 4.66. The molecule has 0 spiro atoms. The van der Waals surface area contributed by atoms with Crippen LogP contribution in [0.3, 0.4) is 0 Å². The number of fused-ring (bicyclic) bond motifs is 1. The second-order valence-corrected chi connectivity index (χ2v) is 5.07. The fraction of sp³-hybridized carbons (Fsp3) is 0. The topological polar surface area (TPSA) is 38.7 Å². The number of hydrogen-bond acceptors (Lipinski definition) is 3. The van der Waals surface area contributed by atoms with Crippen molar-refractivity contribution in [1.29, 1.82) is 0 Å². The van der Waals surface area contributed by atoms with Gasteiger partial charge in [0, 0.05) is 5.56 Å². The van der Waals surface area contributed by atoms with E-state index in [1.807, 2.05) is 54.6 Å². The van der Waals surface area contributed by atoms with E-state index in [1.54, 1.807) is 0 Å². The Balaban J connectivity index is 1.85. The molecule has 0 aliphatic heterocycles. The zero-order chi connectivity index (χ0) is 14.8. The van der Waals surface area contributed by atoms with Crippen LogP contribution in [0.25, 0.3) is 33.5 Å². The second kappa shape index (κ2) is 5.37. The van der Waals surface area contributed by atoms with Gasteiger partial charge in [-0.1, -0.05) is 66.7 Å². The van der Waals surface area contributed by atoms with Gasteiger partial charge in [-0.25, -0.2) is 4.98 Å². The van der Waals surface area contributed by atoms with Crippen molar-refractivity contribution in [2.75, 3.05) is 0 Å². The summed E-state index contributed by atoms with van der Waals surface area (Å²) >= 11 is 0. The summed E-state index contributed by atoms with van der Waals surface area (Å²) in [6.45, 7) is 0. The molecular weight excluding hydrogens is 270 g/mol. The molecule has 104 valence electrons. The van der Waals surface area contributed by atoms with Gasteiger partial charge in [0.2, 0.25) is 0 Å². The normalized spacial score (nSPS) is 10.7. The molecule has 0 bridgehead atoms. The van der Waals surface area contributed by atoms with E-state index in [9.17, 15) is 0 Å². The number of rotatable bonds is 2. The Hall–Kier alpha value is -3.07. The SMILES string of the molecule is c1ccc(-c2ccc3nnc(-c4ccccc4)nc3c2)cc1. The van der Waals surface area contributed by atoms with Crippen LogP contribution in [0, 0.1) is 0 Å².